The highest BCUT2D eigenvalue weighted by Crippen LogP contribution is 2.38. The number of nitrogens with one attached hydrogen (secondary N) is 1. The Morgan fingerprint density at radius 2 is 1.81 bits per heavy atom. The van der Waals surface area contributed by atoms with Crippen molar-refractivity contribution < 1.29 is 9.59 Å². The lowest BCUT2D eigenvalue weighted by Gasteiger charge is -2.33. The van der Waals surface area contributed by atoms with E-state index in [1.165, 1.54) is 24.2 Å². The minimum absolute atomic E-state index is 0.00316. The topological polar surface area (TPSA) is 57.6 Å². The van der Waals surface area contributed by atoms with Gasteiger partial charge in [-0.2, -0.15) is 0 Å². The molecule has 6 nitrogen and oxygen atoms in total. The molecule has 2 aliphatic rings. The molecule has 0 spiro atoms. The van der Waals surface area contributed by atoms with Crippen molar-refractivity contribution in [1.29, 1.82) is 0 Å². The predicted octanol–water partition coefficient (Wildman–Crippen LogP) is 3.80. The molecule has 1 aromatic carbocycles. The largest absolute Gasteiger partial charge is 0.346 e. The van der Waals surface area contributed by atoms with Crippen molar-refractivity contribution in [2.75, 3.05) is 38.0 Å². The lowest BCUT2D eigenvalue weighted by atomic mass is 10.1. The summed E-state index contributed by atoms with van der Waals surface area (Å²) in [6, 6.07) is 10.7. The molecule has 0 atom stereocenters. The number of aryl methyl sites for hydroxylation is 2. The molecule has 1 saturated heterocycles. The van der Waals surface area contributed by atoms with Crippen molar-refractivity contribution in [2.24, 2.45) is 0 Å². The van der Waals surface area contributed by atoms with Gasteiger partial charge < -0.3 is 14.8 Å². The van der Waals surface area contributed by atoms with Crippen LogP contribution in [0.1, 0.15) is 48.3 Å². The van der Waals surface area contributed by atoms with Crippen LogP contribution in [0.15, 0.2) is 36.4 Å². The molecule has 0 unspecified atom stereocenters. The van der Waals surface area contributed by atoms with E-state index in [-0.39, 0.29) is 11.8 Å². The zero-order chi connectivity index (χ0) is 22.7. The molecule has 2 heterocycles. The maximum absolute atomic E-state index is 12.7. The van der Waals surface area contributed by atoms with Gasteiger partial charge in [0.25, 0.3) is 0 Å². The third-order valence-electron chi connectivity index (χ3n) is 6.56. The highest BCUT2D eigenvalue weighted by atomic mass is 16.2. The number of amides is 2. The molecule has 1 aliphatic heterocycles. The van der Waals surface area contributed by atoms with E-state index in [2.05, 4.69) is 41.6 Å². The van der Waals surface area contributed by atoms with Gasteiger partial charge in [-0.25, -0.2) is 0 Å². The van der Waals surface area contributed by atoms with Crippen LogP contribution in [0.3, 0.4) is 0 Å². The second-order valence-corrected chi connectivity index (χ2v) is 8.92. The number of anilines is 1. The minimum atomic E-state index is -0.00316. The monoisotopic (exact) mass is 434 g/mol. The maximum Gasteiger partial charge on any atom is 0.246 e. The molecule has 1 saturated carbocycles. The number of aromatic nitrogens is 1. The molecular weight excluding hydrogens is 400 g/mol. The van der Waals surface area contributed by atoms with Gasteiger partial charge in [0.2, 0.25) is 11.8 Å². The Labute approximate surface area is 190 Å². The highest BCUT2D eigenvalue weighted by molar-refractivity contribution is 5.93. The summed E-state index contributed by atoms with van der Waals surface area (Å²) in [6.07, 6.45) is 7.05. The van der Waals surface area contributed by atoms with E-state index in [0.29, 0.717) is 38.8 Å². The smallest absolute Gasteiger partial charge is 0.246 e. The van der Waals surface area contributed by atoms with Gasteiger partial charge in [-0.15, -0.1) is 0 Å². The third-order valence-corrected chi connectivity index (χ3v) is 6.56. The molecular formula is C26H34N4O2. The van der Waals surface area contributed by atoms with E-state index < -0.39 is 0 Å². The van der Waals surface area contributed by atoms with Crippen LogP contribution < -0.4 is 5.32 Å². The van der Waals surface area contributed by atoms with E-state index in [1.807, 2.05) is 35.2 Å². The second-order valence-electron chi connectivity index (χ2n) is 8.92. The zero-order valence-corrected chi connectivity index (χ0v) is 19.4. The fraction of sp³-hybridized carbons (Fsp3) is 0.462. The normalized spacial score (nSPS) is 17.2. The molecule has 32 heavy (non-hydrogen) atoms. The van der Waals surface area contributed by atoms with Gasteiger partial charge in [-0.05, 0) is 62.4 Å². The molecule has 0 radical (unpaired) electrons. The average molecular weight is 435 g/mol. The number of hydrogen-bond acceptors (Lipinski definition) is 3. The number of rotatable bonds is 7. The Bertz CT molecular complexity index is 1010. The van der Waals surface area contributed by atoms with Crippen molar-refractivity contribution in [3.63, 3.8) is 0 Å². The van der Waals surface area contributed by atoms with E-state index in [0.717, 1.165) is 23.2 Å². The van der Waals surface area contributed by atoms with Crippen LogP contribution in [0.25, 0.3) is 6.08 Å². The third kappa shape index (κ3) is 5.13. The van der Waals surface area contributed by atoms with Crippen molar-refractivity contribution in [3.05, 3.63) is 58.9 Å². The standard InChI is InChI=1S/C26H34N4O2/c1-4-21-7-5-6-8-24(21)27-25(31)18-28-13-15-29(16-14-28)26(32)12-9-22-17-19(2)30(20(22)3)23-10-11-23/h5-9,12,17,23H,4,10-11,13-16,18H2,1-3H3,(H,27,31). The van der Waals surface area contributed by atoms with E-state index >= 15 is 0 Å². The summed E-state index contributed by atoms with van der Waals surface area (Å²) in [4.78, 5) is 29.2. The summed E-state index contributed by atoms with van der Waals surface area (Å²) >= 11 is 0. The van der Waals surface area contributed by atoms with Gasteiger partial charge in [0.05, 0.1) is 6.54 Å². The lowest BCUT2D eigenvalue weighted by molar-refractivity contribution is -0.127. The minimum Gasteiger partial charge on any atom is -0.346 e. The maximum atomic E-state index is 12.7. The Kier molecular flexibility index (Phi) is 6.80. The van der Waals surface area contributed by atoms with Gasteiger partial charge in [0.15, 0.2) is 0 Å². The van der Waals surface area contributed by atoms with Crippen LogP contribution in [0.5, 0.6) is 0 Å². The van der Waals surface area contributed by atoms with Crippen molar-refractivity contribution in [1.82, 2.24) is 14.4 Å². The molecule has 1 aliphatic carbocycles. The SMILES string of the molecule is CCc1ccccc1NC(=O)CN1CCN(C(=O)C=Cc2cc(C)n(C3CC3)c2C)CC1. The van der Waals surface area contributed by atoms with Gasteiger partial charge in [0.1, 0.15) is 0 Å². The number of piperazine rings is 1. The molecule has 1 aromatic heterocycles. The van der Waals surface area contributed by atoms with Gasteiger partial charge in [-0.1, -0.05) is 25.1 Å². The zero-order valence-electron chi connectivity index (χ0n) is 19.4. The number of nitrogens with zero attached hydrogens (tertiary/aromatic N) is 3. The Morgan fingerprint density at radius 1 is 1.09 bits per heavy atom. The van der Waals surface area contributed by atoms with Crippen LogP contribution in [0.4, 0.5) is 5.69 Å². The number of para-hydroxylation sites is 1. The molecule has 6 heteroatoms. The number of hydrogen-bond donors (Lipinski definition) is 1. The molecule has 4 rings (SSSR count). The lowest BCUT2D eigenvalue weighted by Crippen LogP contribution is -2.50. The first-order valence-electron chi connectivity index (χ1n) is 11.7. The summed E-state index contributed by atoms with van der Waals surface area (Å²) in [5, 5.41) is 3.03. The van der Waals surface area contributed by atoms with Crippen LogP contribution in [-0.4, -0.2) is 58.9 Å². The van der Waals surface area contributed by atoms with Crippen molar-refractivity contribution in [2.45, 2.75) is 46.1 Å². The molecule has 170 valence electrons. The van der Waals surface area contributed by atoms with Gasteiger partial charge in [0, 0.05) is 55.4 Å². The molecule has 2 aromatic rings. The summed E-state index contributed by atoms with van der Waals surface area (Å²) in [6.45, 7) is 9.41. The number of carbonyl (C=O) groups excluding carboxylic acids is 2. The van der Waals surface area contributed by atoms with Crippen molar-refractivity contribution >= 4 is 23.6 Å². The summed E-state index contributed by atoms with van der Waals surface area (Å²) in [5.41, 5.74) is 5.67. The predicted molar refractivity (Wildman–Crippen MR) is 129 cm³/mol. The fourth-order valence-corrected chi connectivity index (χ4v) is 4.60. The van der Waals surface area contributed by atoms with Crippen molar-refractivity contribution in [3.8, 4) is 0 Å². The quantitative estimate of drug-likeness (QED) is 0.675. The first-order chi connectivity index (χ1) is 15.5. The number of benzene rings is 1. The Balaban J connectivity index is 1.26. The van der Waals surface area contributed by atoms with E-state index in [1.54, 1.807) is 6.08 Å². The second kappa shape index (κ2) is 9.74. The summed E-state index contributed by atoms with van der Waals surface area (Å²) in [5.74, 6) is 0.0405. The summed E-state index contributed by atoms with van der Waals surface area (Å²) in [7, 11) is 0. The summed E-state index contributed by atoms with van der Waals surface area (Å²) < 4.78 is 2.40. The first-order valence-corrected chi connectivity index (χ1v) is 11.7. The molecule has 2 fully saturated rings. The van der Waals surface area contributed by atoms with Crippen LogP contribution in [0.2, 0.25) is 0 Å². The Hall–Kier alpha value is -2.86. The van der Waals surface area contributed by atoms with E-state index in [4.69, 9.17) is 0 Å². The van der Waals surface area contributed by atoms with Crippen LogP contribution >= 0.6 is 0 Å². The number of carbonyl (C=O) groups is 2. The highest BCUT2D eigenvalue weighted by Gasteiger charge is 2.26. The Morgan fingerprint density at radius 3 is 2.50 bits per heavy atom. The fourth-order valence-electron chi connectivity index (χ4n) is 4.60. The van der Waals surface area contributed by atoms with Crippen LogP contribution in [-0.2, 0) is 16.0 Å². The van der Waals surface area contributed by atoms with Gasteiger partial charge in [-0.3, -0.25) is 14.5 Å². The van der Waals surface area contributed by atoms with E-state index in [9.17, 15) is 9.59 Å². The molecule has 0 bridgehead atoms. The molecule has 1 N–H and O–H groups in total. The first kappa shape index (κ1) is 22.3. The average Bonchev–Trinajstić information content (AvgIpc) is 3.57. The van der Waals surface area contributed by atoms with Crippen LogP contribution in [0, 0.1) is 13.8 Å². The van der Waals surface area contributed by atoms with Gasteiger partial charge >= 0.3 is 0 Å². The molecule has 2 amide bonds.